The van der Waals surface area contributed by atoms with Gasteiger partial charge in [-0.15, -0.1) is 11.3 Å². The molecule has 36 heavy (non-hydrogen) atoms. The van der Waals surface area contributed by atoms with Crippen molar-refractivity contribution < 1.29 is 15.0 Å². The number of likely N-dealkylation sites (N-methyl/N-ethyl adjacent to an activating group) is 1. The Hall–Kier alpha value is -3.24. The lowest BCUT2D eigenvalue weighted by atomic mass is 10.1. The first-order valence-electron chi connectivity index (χ1n) is 11.3. The average molecular weight is 527 g/mol. The Balaban J connectivity index is 1.52. The molecular weight excluding hydrogens is 500 g/mol. The Kier molecular flexibility index (Phi) is 7.75. The van der Waals surface area contributed by atoms with Crippen molar-refractivity contribution in [3.05, 3.63) is 91.3 Å². The van der Waals surface area contributed by atoms with E-state index in [4.69, 9.17) is 11.6 Å². The molecule has 0 saturated heterocycles. The van der Waals surface area contributed by atoms with Crippen LogP contribution < -0.4 is 10.7 Å². The zero-order valence-electron chi connectivity index (χ0n) is 20.2. The topological polar surface area (TPSA) is 108 Å². The summed E-state index contributed by atoms with van der Waals surface area (Å²) in [6.45, 7) is 3.08. The van der Waals surface area contributed by atoms with Gasteiger partial charge < -0.3 is 20.1 Å². The lowest BCUT2D eigenvalue weighted by molar-refractivity contribution is 0.0949. The van der Waals surface area contributed by atoms with Crippen molar-refractivity contribution in [1.29, 1.82) is 0 Å². The standard InChI is InChI=1S/C26H27ClN4O4S/c1-15-22(14-30(2)13-21(33)20-9-8-18(32)11-28-20)36-25-23(15)31(3)12-19(24(25)34)26(35)29-10-16-4-6-17(27)7-5-16/h4-9,11-12,21,32-33H,10,13-14H2,1-3H3,(H,29,35). The van der Waals surface area contributed by atoms with Gasteiger partial charge in [0.2, 0.25) is 5.43 Å². The van der Waals surface area contributed by atoms with Crippen molar-refractivity contribution in [3.63, 3.8) is 0 Å². The molecule has 8 nitrogen and oxygen atoms in total. The number of aryl methyl sites for hydroxylation is 2. The number of aromatic hydroxyl groups is 1. The second kappa shape index (κ2) is 10.8. The first-order valence-corrected chi connectivity index (χ1v) is 12.5. The van der Waals surface area contributed by atoms with E-state index in [-0.39, 0.29) is 23.3 Å². The van der Waals surface area contributed by atoms with Crippen LogP contribution >= 0.6 is 22.9 Å². The van der Waals surface area contributed by atoms with E-state index >= 15 is 0 Å². The number of halogens is 1. The number of thiophene rings is 1. The Bertz CT molecular complexity index is 1450. The van der Waals surface area contributed by atoms with Gasteiger partial charge in [0.15, 0.2) is 0 Å². The molecule has 1 atom stereocenters. The zero-order chi connectivity index (χ0) is 26.0. The number of hydrogen-bond acceptors (Lipinski definition) is 7. The van der Waals surface area contributed by atoms with Crippen LogP contribution in [-0.4, -0.2) is 44.2 Å². The first-order chi connectivity index (χ1) is 17.1. The summed E-state index contributed by atoms with van der Waals surface area (Å²) in [5, 5.41) is 23.3. The van der Waals surface area contributed by atoms with E-state index in [9.17, 15) is 19.8 Å². The molecule has 1 unspecified atom stereocenters. The molecule has 188 valence electrons. The van der Waals surface area contributed by atoms with E-state index in [1.807, 2.05) is 42.6 Å². The van der Waals surface area contributed by atoms with Gasteiger partial charge in [-0.2, -0.15) is 0 Å². The minimum absolute atomic E-state index is 0.0412. The lowest BCUT2D eigenvalue weighted by Gasteiger charge is -2.20. The highest BCUT2D eigenvalue weighted by Gasteiger charge is 2.21. The molecule has 0 bridgehead atoms. The molecule has 0 aliphatic heterocycles. The number of aromatic nitrogens is 2. The number of nitrogens with one attached hydrogen (secondary N) is 1. The number of carbonyl (C=O) groups excluding carboxylic acids is 1. The van der Waals surface area contributed by atoms with Crippen LogP contribution in [0.5, 0.6) is 5.75 Å². The van der Waals surface area contributed by atoms with Gasteiger partial charge in [0.05, 0.1) is 22.1 Å². The highest BCUT2D eigenvalue weighted by Crippen LogP contribution is 2.30. The van der Waals surface area contributed by atoms with Gasteiger partial charge in [-0.25, -0.2) is 0 Å². The van der Waals surface area contributed by atoms with Gasteiger partial charge in [-0.3, -0.25) is 19.5 Å². The third-order valence-electron chi connectivity index (χ3n) is 5.96. The number of rotatable bonds is 8. The average Bonchev–Trinajstić information content (AvgIpc) is 3.17. The molecule has 3 aromatic heterocycles. The van der Waals surface area contributed by atoms with Gasteiger partial charge in [0, 0.05) is 42.8 Å². The number of nitrogens with zero attached hydrogens (tertiary/aromatic N) is 3. The molecule has 0 radical (unpaired) electrons. The summed E-state index contributed by atoms with van der Waals surface area (Å²) in [5.41, 5.74) is 2.90. The predicted octanol–water partition coefficient (Wildman–Crippen LogP) is 3.76. The van der Waals surface area contributed by atoms with Gasteiger partial charge in [-0.1, -0.05) is 23.7 Å². The van der Waals surface area contributed by atoms with Crippen molar-refractivity contribution in [1.82, 2.24) is 19.8 Å². The lowest BCUT2D eigenvalue weighted by Crippen LogP contribution is -2.29. The van der Waals surface area contributed by atoms with Crippen LogP contribution in [-0.2, 0) is 20.1 Å². The van der Waals surface area contributed by atoms with Crippen molar-refractivity contribution >= 4 is 39.1 Å². The number of benzene rings is 1. The summed E-state index contributed by atoms with van der Waals surface area (Å²) in [7, 11) is 3.70. The van der Waals surface area contributed by atoms with Crippen LogP contribution in [0, 0.1) is 6.92 Å². The predicted molar refractivity (Wildman–Crippen MR) is 142 cm³/mol. The van der Waals surface area contributed by atoms with Gasteiger partial charge in [-0.05, 0) is 49.4 Å². The molecule has 1 aromatic carbocycles. The van der Waals surface area contributed by atoms with E-state index in [2.05, 4.69) is 10.3 Å². The summed E-state index contributed by atoms with van der Waals surface area (Å²) in [6.07, 6.45) is 2.05. The Morgan fingerprint density at radius 2 is 1.97 bits per heavy atom. The third kappa shape index (κ3) is 5.60. The van der Waals surface area contributed by atoms with Crippen LogP contribution in [0.15, 0.2) is 53.6 Å². The minimum atomic E-state index is -0.826. The molecule has 0 aliphatic carbocycles. The second-order valence-electron chi connectivity index (χ2n) is 8.77. The SMILES string of the molecule is Cc1c(CN(C)CC(O)c2ccc(O)cn2)sc2c(=O)c(C(=O)NCc3ccc(Cl)cc3)cn(C)c12. The first kappa shape index (κ1) is 25.8. The smallest absolute Gasteiger partial charge is 0.257 e. The summed E-state index contributed by atoms with van der Waals surface area (Å²) >= 11 is 7.28. The van der Waals surface area contributed by atoms with Crippen LogP contribution in [0.1, 0.15) is 38.2 Å². The minimum Gasteiger partial charge on any atom is -0.506 e. The molecule has 10 heteroatoms. The zero-order valence-corrected chi connectivity index (χ0v) is 21.7. The van der Waals surface area contributed by atoms with E-state index in [1.165, 1.54) is 23.6 Å². The van der Waals surface area contributed by atoms with E-state index in [0.29, 0.717) is 28.5 Å². The van der Waals surface area contributed by atoms with Gasteiger partial charge in [0.25, 0.3) is 5.91 Å². The monoisotopic (exact) mass is 526 g/mol. The van der Waals surface area contributed by atoms with E-state index in [0.717, 1.165) is 21.5 Å². The summed E-state index contributed by atoms with van der Waals surface area (Å²) in [4.78, 5) is 33.1. The van der Waals surface area contributed by atoms with Crippen LogP contribution in [0.25, 0.3) is 10.2 Å². The largest absolute Gasteiger partial charge is 0.506 e. The number of pyridine rings is 2. The number of fused-ring (bicyclic) bond motifs is 1. The van der Waals surface area contributed by atoms with Gasteiger partial charge >= 0.3 is 0 Å². The molecule has 0 saturated carbocycles. The van der Waals surface area contributed by atoms with Crippen molar-refractivity contribution in [2.75, 3.05) is 13.6 Å². The fourth-order valence-corrected chi connectivity index (χ4v) is 5.56. The van der Waals surface area contributed by atoms with Crippen molar-refractivity contribution in [2.24, 2.45) is 7.05 Å². The maximum Gasteiger partial charge on any atom is 0.257 e. The Morgan fingerprint density at radius 3 is 2.64 bits per heavy atom. The summed E-state index contributed by atoms with van der Waals surface area (Å²) < 4.78 is 2.34. The fraction of sp³-hybridized carbons (Fsp3) is 0.269. The Labute approximate surface area is 217 Å². The van der Waals surface area contributed by atoms with Crippen LogP contribution in [0.2, 0.25) is 5.02 Å². The molecule has 4 aromatic rings. The molecule has 3 N–H and O–H groups in total. The third-order valence-corrected chi connectivity index (χ3v) is 7.48. The fourth-order valence-electron chi connectivity index (χ4n) is 4.05. The number of amides is 1. The molecule has 1 amide bonds. The maximum absolute atomic E-state index is 13.3. The van der Waals surface area contributed by atoms with Crippen LogP contribution in [0.3, 0.4) is 0 Å². The quantitative estimate of drug-likeness (QED) is 0.323. The second-order valence-corrected chi connectivity index (χ2v) is 10.3. The highest BCUT2D eigenvalue weighted by molar-refractivity contribution is 7.19. The summed E-state index contributed by atoms with van der Waals surface area (Å²) in [6, 6.07) is 10.2. The van der Waals surface area contributed by atoms with Gasteiger partial charge in [0.1, 0.15) is 17.4 Å². The number of hydrogen-bond donors (Lipinski definition) is 3. The van der Waals surface area contributed by atoms with Crippen molar-refractivity contribution in [3.8, 4) is 5.75 Å². The number of aliphatic hydroxyl groups excluding tert-OH is 1. The number of carbonyl (C=O) groups is 1. The molecular formula is C26H27ClN4O4S. The Morgan fingerprint density at radius 1 is 1.25 bits per heavy atom. The normalized spacial score (nSPS) is 12.3. The van der Waals surface area contributed by atoms with Crippen LogP contribution in [0.4, 0.5) is 0 Å². The molecule has 0 aliphatic rings. The highest BCUT2D eigenvalue weighted by atomic mass is 35.5. The molecule has 0 fully saturated rings. The molecule has 4 rings (SSSR count). The molecule has 0 spiro atoms. The maximum atomic E-state index is 13.3. The van der Waals surface area contributed by atoms with E-state index in [1.54, 1.807) is 24.4 Å². The number of aliphatic hydroxyl groups is 1. The van der Waals surface area contributed by atoms with E-state index < -0.39 is 12.0 Å². The summed E-state index contributed by atoms with van der Waals surface area (Å²) in [5.74, 6) is -0.388. The molecule has 3 heterocycles. The van der Waals surface area contributed by atoms with Crippen molar-refractivity contribution in [2.45, 2.75) is 26.1 Å².